The molecular weight excluding hydrogens is 638 g/mol. The summed E-state index contributed by atoms with van der Waals surface area (Å²) in [5, 5.41) is 0.604. The van der Waals surface area contributed by atoms with Crippen LogP contribution in [0.5, 0.6) is 23.0 Å². The lowest BCUT2D eigenvalue weighted by molar-refractivity contribution is -0.135. The quantitative estimate of drug-likeness (QED) is 0.0688. The van der Waals surface area contributed by atoms with Gasteiger partial charge in [-0.05, 0) is 54.5 Å². The lowest BCUT2D eigenvalue weighted by atomic mass is 9.83. The Morgan fingerprint density at radius 3 is 1.82 bits per heavy atom. The van der Waals surface area contributed by atoms with E-state index in [4.69, 9.17) is 30.5 Å². The molecule has 2 aliphatic rings. The molecule has 1 atom stereocenters. The molecule has 2 heterocycles. The molecule has 49 heavy (non-hydrogen) atoms. The molecule has 0 amide bonds. The van der Waals surface area contributed by atoms with Gasteiger partial charge in [-0.2, -0.15) is 0 Å². The van der Waals surface area contributed by atoms with E-state index in [1.165, 1.54) is 69.8 Å². The van der Waals surface area contributed by atoms with Crippen LogP contribution in [0.2, 0.25) is 5.02 Å². The summed E-state index contributed by atoms with van der Waals surface area (Å²) in [6.07, 6.45) is 21.0. The van der Waals surface area contributed by atoms with Crippen molar-refractivity contribution in [3.63, 3.8) is 0 Å². The second kappa shape index (κ2) is 20.8. The largest absolute Gasteiger partial charge is 0.493 e. The maximum atomic E-state index is 13.0. The third-order valence-corrected chi connectivity index (χ3v) is 10.5. The summed E-state index contributed by atoms with van der Waals surface area (Å²) in [6, 6.07) is 5.82. The number of hydrogen-bond donors (Lipinski definition) is 0. The fraction of sp³-hybridized carbons (Fsp3) is 0.659. The van der Waals surface area contributed by atoms with Crippen LogP contribution in [0.25, 0.3) is 0 Å². The topological polar surface area (TPSA) is 74.3 Å². The van der Waals surface area contributed by atoms with Crippen molar-refractivity contribution in [2.75, 3.05) is 20.8 Å². The van der Waals surface area contributed by atoms with Crippen LogP contribution in [0.15, 0.2) is 18.2 Å². The van der Waals surface area contributed by atoms with Crippen LogP contribution in [0.4, 0.5) is 0 Å². The number of unbranched alkanes of at least 4 members (excludes halogenated alkanes) is 14. The predicted octanol–water partition coefficient (Wildman–Crippen LogP) is 10.9. The average Bonchev–Trinajstić information content (AvgIpc) is 3.10. The summed E-state index contributed by atoms with van der Waals surface area (Å²) in [6.45, 7) is 5.87. The van der Waals surface area contributed by atoms with E-state index in [0.717, 1.165) is 68.2 Å². The zero-order chi connectivity index (χ0) is 35.0. The Balaban J connectivity index is 1.41. The maximum Gasteiger partial charge on any atom is 0.311 e. The van der Waals surface area contributed by atoms with Crippen LogP contribution in [-0.2, 0) is 29.0 Å². The molecule has 0 N–H and O–H groups in total. The number of hydrogen-bond acceptors (Lipinski definition) is 7. The van der Waals surface area contributed by atoms with E-state index in [0.29, 0.717) is 53.8 Å². The fourth-order valence-corrected chi connectivity index (χ4v) is 7.61. The van der Waals surface area contributed by atoms with E-state index in [1.54, 1.807) is 20.3 Å². The van der Waals surface area contributed by atoms with Crippen molar-refractivity contribution in [1.29, 1.82) is 0 Å². The van der Waals surface area contributed by atoms with Gasteiger partial charge < -0.3 is 18.9 Å². The highest BCUT2D eigenvalue weighted by Gasteiger charge is 2.37. The molecule has 0 saturated heterocycles. The summed E-state index contributed by atoms with van der Waals surface area (Å²) in [5.74, 6) is 1.57. The highest BCUT2D eigenvalue weighted by Crippen LogP contribution is 2.48. The minimum Gasteiger partial charge on any atom is -0.493 e. The van der Waals surface area contributed by atoms with E-state index in [1.807, 2.05) is 12.1 Å². The molecule has 8 heteroatoms. The molecule has 0 spiro atoms. The zero-order valence-corrected chi connectivity index (χ0v) is 31.4. The number of rotatable bonds is 22. The normalized spacial score (nSPS) is 15.2. The van der Waals surface area contributed by atoms with E-state index >= 15 is 0 Å². The molecule has 0 aromatic heterocycles. The third-order valence-electron chi connectivity index (χ3n) is 10.2. The van der Waals surface area contributed by atoms with E-state index in [2.05, 4.69) is 18.7 Å². The van der Waals surface area contributed by atoms with Crippen molar-refractivity contribution < 1.29 is 28.5 Å². The molecule has 0 saturated carbocycles. The SMILES string of the molecule is CCCCCCCCCCC(=O)Oc1cc2c(cc1OC)CCN1Cc3c(c(Cl)cc(OC)c3OC(=O)CCCCCCCCCC)CC21. The van der Waals surface area contributed by atoms with Crippen molar-refractivity contribution in [2.45, 2.75) is 155 Å². The number of carbonyl (C=O) groups excluding carboxylic acids is 2. The van der Waals surface area contributed by atoms with Crippen molar-refractivity contribution in [2.24, 2.45) is 0 Å². The second-order valence-electron chi connectivity index (χ2n) is 13.9. The van der Waals surface area contributed by atoms with Crippen LogP contribution in [0.3, 0.4) is 0 Å². The molecule has 1 unspecified atom stereocenters. The van der Waals surface area contributed by atoms with Gasteiger partial charge in [0.25, 0.3) is 0 Å². The van der Waals surface area contributed by atoms with Gasteiger partial charge in [0.1, 0.15) is 0 Å². The summed E-state index contributed by atoms with van der Waals surface area (Å²) < 4.78 is 23.3. The van der Waals surface area contributed by atoms with Crippen LogP contribution in [-0.4, -0.2) is 37.6 Å². The molecule has 4 rings (SSSR count). The van der Waals surface area contributed by atoms with E-state index < -0.39 is 0 Å². The Labute approximate surface area is 300 Å². The highest BCUT2D eigenvalue weighted by molar-refractivity contribution is 6.31. The minimum atomic E-state index is -0.231. The summed E-state index contributed by atoms with van der Waals surface area (Å²) in [7, 11) is 3.20. The standard InChI is InChI=1S/C41H60ClNO6/c1-5-7-9-11-13-15-17-19-21-39(44)48-37-27-31-30(25-36(37)46-3)23-24-43-29-33-32(26-35(31)43)34(42)28-38(47-4)41(33)49-40(45)22-20-18-16-14-12-10-8-6-2/h25,27-28,35H,5-24,26,29H2,1-4H3. The average molecular weight is 698 g/mol. The lowest BCUT2D eigenvalue weighted by Crippen LogP contribution is -2.39. The molecule has 0 aliphatic carbocycles. The van der Waals surface area contributed by atoms with Crippen molar-refractivity contribution in [3.05, 3.63) is 45.5 Å². The molecule has 7 nitrogen and oxygen atoms in total. The van der Waals surface area contributed by atoms with Gasteiger partial charge in [-0.3, -0.25) is 14.5 Å². The predicted molar refractivity (Wildman–Crippen MR) is 197 cm³/mol. The first-order chi connectivity index (χ1) is 23.9. The Kier molecular flexibility index (Phi) is 16.6. The molecule has 2 aliphatic heterocycles. The third kappa shape index (κ3) is 11.4. The molecule has 2 aromatic carbocycles. The van der Waals surface area contributed by atoms with Crippen molar-refractivity contribution in [1.82, 2.24) is 4.90 Å². The van der Waals surface area contributed by atoms with Crippen LogP contribution >= 0.6 is 11.6 Å². The van der Waals surface area contributed by atoms with Gasteiger partial charge in [-0.1, -0.05) is 115 Å². The number of benzene rings is 2. The Morgan fingerprint density at radius 2 is 1.24 bits per heavy atom. The summed E-state index contributed by atoms with van der Waals surface area (Å²) in [5.41, 5.74) is 4.19. The smallest absolute Gasteiger partial charge is 0.311 e. The monoisotopic (exact) mass is 697 g/mol. The molecular formula is C41H60ClNO6. The molecule has 0 bridgehead atoms. The highest BCUT2D eigenvalue weighted by atomic mass is 35.5. The number of esters is 2. The number of methoxy groups -OCH3 is 2. The van der Waals surface area contributed by atoms with Gasteiger partial charge in [-0.15, -0.1) is 0 Å². The van der Waals surface area contributed by atoms with Gasteiger partial charge in [0, 0.05) is 48.6 Å². The van der Waals surface area contributed by atoms with Crippen LogP contribution in [0, 0.1) is 0 Å². The van der Waals surface area contributed by atoms with Gasteiger partial charge in [0.05, 0.1) is 14.2 Å². The first-order valence-corrected chi connectivity index (χ1v) is 19.5. The molecule has 0 fully saturated rings. The van der Waals surface area contributed by atoms with Crippen LogP contribution in [0.1, 0.15) is 158 Å². The lowest BCUT2D eigenvalue weighted by Gasteiger charge is -2.42. The van der Waals surface area contributed by atoms with Gasteiger partial charge in [-0.25, -0.2) is 0 Å². The Morgan fingerprint density at radius 1 is 0.694 bits per heavy atom. The summed E-state index contributed by atoms with van der Waals surface area (Å²) in [4.78, 5) is 28.3. The first kappa shape index (κ1) is 39.0. The fourth-order valence-electron chi connectivity index (χ4n) is 7.32. The van der Waals surface area contributed by atoms with Crippen molar-refractivity contribution >= 4 is 23.5 Å². The molecule has 2 aromatic rings. The second-order valence-corrected chi connectivity index (χ2v) is 14.3. The first-order valence-electron chi connectivity index (χ1n) is 19.1. The van der Waals surface area contributed by atoms with Crippen LogP contribution < -0.4 is 18.9 Å². The number of halogens is 1. The zero-order valence-electron chi connectivity index (χ0n) is 30.6. The van der Waals surface area contributed by atoms with E-state index in [9.17, 15) is 9.59 Å². The van der Waals surface area contributed by atoms with Gasteiger partial charge >= 0.3 is 11.9 Å². The Bertz CT molecular complexity index is 1360. The Hall–Kier alpha value is -2.77. The maximum absolute atomic E-state index is 13.0. The van der Waals surface area contributed by atoms with Gasteiger partial charge in [0.15, 0.2) is 23.0 Å². The van der Waals surface area contributed by atoms with E-state index in [-0.39, 0.29) is 18.0 Å². The number of nitrogens with zero attached hydrogens (tertiary/aromatic N) is 1. The molecule has 0 radical (unpaired) electrons. The number of ether oxygens (including phenoxy) is 4. The number of carbonyl (C=O) groups is 2. The minimum absolute atomic E-state index is 0.0408. The summed E-state index contributed by atoms with van der Waals surface area (Å²) >= 11 is 6.88. The number of fused-ring (bicyclic) bond motifs is 4. The van der Waals surface area contributed by atoms with Gasteiger partial charge in [0.2, 0.25) is 0 Å². The van der Waals surface area contributed by atoms with Crippen molar-refractivity contribution in [3.8, 4) is 23.0 Å². The molecule has 272 valence electrons.